The summed E-state index contributed by atoms with van der Waals surface area (Å²) in [5.41, 5.74) is 0.760. The minimum Gasteiger partial charge on any atom is -0.481 e. The summed E-state index contributed by atoms with van der Waals surface area (Å²) in [6.07, 6.45) is 0. The molecule has 0 atom stereocenters. The number of ether oxygens (including phenoxy) is 1. The molecule has 0 aliphatic carbocycles. The van der Waals surface area contributed by atoms with Gasteiger partial charge in [0.05, 0.1) is 5.92 Å². The molecule has 142 valence electrons. The Kier molecular flexibility index (Phi) is 4.93. The summed E-state index contributed by atoms with van der Waals surface area (Å²) in [5.74, 6) is -1.11. The van der Waals surface area contributed by atoms with Crippen LogP contribution < -0.4 is 10.1 Å². The van der Waals surface area contributed by atoms with E-state index in [2.05, 4.69) is 5.32 Å². The van der Waals surface area contributed by atoms with Crippen LogP contribution in [0.2, 0.25) is 0 Å². The maximum absolute atomic E-state index is 13.5. The molecule has 1 fully saturated rings. The lowest BCUT2D eigenvalue weighted by Gasteiger charge is -2.38. The van der Waals surface area contributed by atoms with Gasteiger partial charge in [-0.05, 0) is 23.6 Å². The van der Waals surface area contributed by atoms with E-state index in [9.17, 15) is 14.0 Å². The van der Waals surface area contributed by atoms with E-state index in [4.69, 9.17) is 4.74 Å². The van der Waals surface area contributed by atoms with Crippen molar-refractivity contribution in [3.05, 3.63) is 72.5 Å². The lowest BCUT2D eigenvalue weighted by Crippen LogP contribution is -2.55. The summed E-state index contributed by atoms with van der Waals surface area (Å²) in [6.45, 7) is 0.407. The molecule has 5 nitrogen and oxygen atoms in total. The van der Waals surface area contributed by atoms with Crippen LogP contribution in [0.25, 0.3) is 10.8 Å². The molecule has 4 rings (SSSR count). The van der Waals surface area contributed by atoms with Crippen molar-refractivity contribution in [3.8, 4) is 5.75 Å². The van der Waals surface area contributed by atoms with Gasteiger partial charge in [0.15, 0.2) is 18.2 Å². The van der Waals surface area contributed by atoms with Crippen molar-refractivity contribution >= 4 is 28.3 Å². The molecule has 1 aliphatic rings. The van der Waals surface area contributed by atoms with Crippen molar-refractivity contribution in [2.45, 2.75) is 0 Å². The molecule has 0 aromatic heterocycles. The zero-order valence-corrected chi connectivity index (χ0v) is 15.1. The molecule has 3 aromatic carbocycles. The van der Waals surface area contributed by atoms with Crippen LogP contribution >= 0.6 is 0 Å². The van der Waals surface area contributed by atoms with Crippen molar-refractivity contribution in [1.29, 1.82) is 0 Å². The van der Waals surface area contributed by atoms with Gasteiger partial charge in [0.1, 0.15) is 0 Å². The third-order valence-electron chi connectivity index (χ3n) is 4.84. The number of rotatable bonds is 5. The summed E-state index contributed by atoms with van der Waals surface area (Å²) in [4.78, 5) is 26.2. The minimum absolute atomic E-state index is 0.0432. The first kappa shape index (κ1) is 18.0. The molecule has 0 spiro atoms. The summed E-state index contributed by atoms with van der Waals surface area (Å²) in [5, 5.41) is 4.98. The quantitative estimate of drug-likeness (QED) is 0.740. The van der Waals surface area contributed by atoms with E-state index < -0.39 is 5.82 Å². The molecular weight excluding hydrogens is 359 g/mol. The van der Waals surface area contributed by atoms with Crippen molar-refractivity contribution in [2.24, 2.45) is 5.92 Å². The summed E-state index contributed by atoms with van der Waals surface area (Å²) < 4.78 is 18.7. The van der Waals surface area contributed by atoms with Crippen molar-refractivity contribution in [3.63, 3.8) is 0 Å². The minimum atomic E-state index is -0.508. The predicted octanol–water partition coefficient (Wildman–Crippen LogP) is 3.45. The second kappa shape index (κ2) is 7.68. The molecule has 0 bridgehead atoms. The van der Waals surface area contributed by atoms with E-state index in [0.29, 0.717) is 13.1 Å². The van der Waals surface area contributed by atoms with E-state index in [1.54, 1.807) is 12.1 Å². The number of hydrogen-bond acceptors (Lipinski definition) is 3. The maximum Gasteiger partial charge on any atom is 0.260 e. The highest BCUT2D eigenvalue weighted by Crippen LogP contribution is 2.25. The molecule has 1 aliphatic heterocycles. The predicted molar refractivity (Wildman–Crippen MR) is 105 cm³/mol. The van der Waals surface area contributed by atoms with E-state index >= 15 is 0 Å². The molecule has 3 aromatic rings. The number of likely N-dealkylation sites (tertiary alicyclic amines) is 1. The molecule has 1 heterocycles. The molecule has 2 amide bonds. The van der Waals surface area contributed by atoms with Gasteiger partial charge < -0.3 is 15.0 Å². The standard InChI is InChI=1S/C22H19FN2O3/c23-18-9-3-4-11-20(18)28-14-21(26)25-12-16(13-25)22(27)24-19-10-5-7-15-6-1-2-8-17(15)19/h1-11,16H,12-14H2,(H,24,27). The number of hydrogen-bond donors (Lipinski definition) is 1. The molecular formula is C22H19FN2O3. The average molecular weight is 378 g/mol. The number of nitrogens with one attached hydrogen (secondary N) is 1. The van der Waals surface area contributed by atoms with Crippen molar-refractivity contribution in [1.82, 2.24) is 4.90 Å². The fraction of sp³-hybridized carbons (Fsp3) is 0.182. The topological polar surface area (TPSA) is 58.6 Å². The highest BCUT2D eigenvalue weighted by Gasteiger charge is 2.35. The Hall–Kier alpha value is -3.41. The number of carbonyl (C=O) groups is 2. The smallest absolute Gasteiger partial charge is 0.260 e. The van der Waals surface area contributed by atoms with Gasteiger partial charge in [0, 0.05) is 24.2 Å². The monoisotopic (exact) mass is 378 g/mol. The number of anilines is 1. The number of amides is 2. The number of fused-ring (bicyclic) bond motifs is 1. The molecule has 0 radical (unpaired) electrons. The fourth-order valence-electron chi connectivity index (χ4n) is 3.21. The number of benzene rings is 3. The Morgan fingerprint density at radius 3 is 2.54 bits per heavy atom. The van der Waals surface area contributed by atoms with Gasteiger partial charge >= 0.3 is 0 Å². The number of nitrogens with zero attached hydrogens (tertiary/aromatic N) is 1. The fourth-order valence-corrected chi connectivity index (χ4v) is 3.21. The lowest BCUT2D eigenvalue weighted by molar-refractivity contribution is -0.143. The Morgan fingerprint density at radius 2 is 1.71 bits per heavy atom. The molecule has 1 saturated heterocycles. The Bertz CT molecular complexity index is 1030. The van der Waals surface area contributed by atoms with Gasteiger partial charge in [-0.3, -0.25) is 9.59 Å². The zero-order valence-electron chi connectivity index (χ0n) is 15.1. The average Bonchev–Trinajstić information content (AvgIpc) is 2.66. The molecule has 1 N–H and O–H groups in total. The van der Waals surface area contributed by atoms with Crippen LogP contribution in [0.5, 0.6) is 5.75 Å². The van der Waals surface area contributed by atoms with Crippen LogP contribution in [-0.2, 0) is 9.59 Å². The van der Waals surface area contributed by atoms with Crippen LogP contribution in [0.4, 0.5) is 10.1 Å². The second-order valence-electron chi connectivity index (χ2n) is 6.73. The molecule has 0 unspecified atom stereocenters. The second-order valence-corrected chi connectivity index (χ2v) is 6.73. The van der Waals surface area contributed by atoms with E-state index in [-0.39, 0.29) is 30.1 Å². The van der Waals surface area contributed by atoms with Crippen LogP contribution in [-0.4, -0.2) is 36.4 Å². The van der Waals surface area contributed by atoms with Gasteiger partial charge in [0.2, 0.25) is 5.91 Å². The molecule has 6 heteroatoms. The summed E-state index contributed by atoms with van der Waals surface area (Å²) >= 11 is 0. The first-order valence-electron chi connectivity index (χ1n) is 9.05. The van der Waals surface area contributed by atoms with Crippen LogP contribution in [0.3, 0.4) is 0 Å². The Balaban J connectivity index is 1.30. The van der Waals surface area contributed by atoms with Crippen LogP contribution in [0.1, 0.15) is 0 Å². The highest BCUT2D eigenvalue weighted by atomic mass is 19.1. The third-order valence-corrected chi connectivity index (χ3v) is 4.84. The summed E-state index contributed by atoms with van der Waals surface area (Å²) in [7, 11) is 0. The van der Waals surface area contributed by atoms with Crippen molar-refractivity contribution in [2.75, 3.05) is 25.0 Å². The lowest BCUT2D eigenvalue weighted by atomic mass is 9.98. The largest absolute Gasteiger partial charge is 0.481 e. The van der Waals surface area contributed by atoms with Gasteiger partial charge in [-0.25, -0.2) is 4.39 Å². The SMILES string of the molecule is O=C(Nc1cccc2ccccc12)C1CN(C(=O)COc2ccccc2F)C1. The van der Waals surface area contributed by atoms with Gasteiger partial charge in [0.25, 0.3) is 5.91 Å². The Labute approximate surface area is 161 Å². The van der Waals surface area contributed by atoms with Crippen LogP contribution in [0, 0.1) is 11.7 Å². The third kappa shape index (κ3) is 3.67. The first-order valence-corrected chi connectivity index (χ1v) is 9.05. The summed E-state index contributed by atoms with van der Waals surface area (Å²) in [6, 6.07) is 19.5. The maximum atomic E-state index is 13.5. The number of carbonyl (C=O) groups excluding carboxylic acids is 2. The first-order chi connectivity index (χ1) is 13.6. The highest BCUT2D eigenvalue weighted by molar-refractivity contribution is 6.03. The molecule has 28 heavy (non-hydrogen) atoms. The number of para-hydroxylation sites is 1. The molecule has 0 saturated carbocycles. The normalized spacial score (nSPS) is 13.8. The van der Waals surface area contributed by atoms with E-state index in [1.165, 1.54) is 17.0 Å². The van der Waals surface area contributed by atoms with Gasteiger partial charge in [-0.15, -0.1) is 0 Å². The zero-order chi connectivity index (χ0) is 19.5. The van der Waals surface area contributed by atoms with E-state index in [1.807, 2.05) is 42.5 Å². The van der Waals surface area contributed by atoms with E-state index in [0.717, 1.165) is 16.5 Å². The van der Waals surface area contributed by atoms with Crippen molar-refractivity contribution < 1.29 is 18.7 Å². The Morgan fingerprint density at radius 1 is 1.00 bits per heavy atom. The van der Waals surface area contributed by atoms with Gasteiger partial charge in [-0.1, -0.05) is 48.5 Å². The van der Waals surface area contributed by atoms with Gasteiger partial charge in [-0.2, -0.15) is 0 Å². The van der Waals surface area contributed by atoms with Crippen LogP contribution in [0.15, 0.2) is 66.7 Å². The number of halogens is 1.